The molecule has 138 valence electrons. The number of rotatable bonds is 6. The minimum Gasteiger partial charge on any atom is -0.493 e. The molecule has 0 aliphatic carbocycles. The van der Waals surface area contributed by atoms with E-state index in [1.54, 1.807) is 18.3 Å². The van der Waals surface area contributed by atoms with E-state index in [9.17, 15) is 4.79 Å². The second-order valence-corrected chi connectivity index (χ2v) is 6.17. The maximum Gasteiger partial charge on any atom is 0.271 e. The Balaban J connectivity index is 1.68. The summed E-state index contributed by atoms with van der Waals surface area (Å²) in [5, 5.41) is 4.05. The monoisotopic (exact) mass is 361 g/mol. The lowest BCUT2D eigenvalue weighted by Gasteiger charge is -2.10. The van der Waals surface area contributed by atoms with Crippen LogP contribution >= 0.6 is 0 Å². The van der Waals surface area contributed by atoms with Gasteiger partial charge in [0.15, 0.2) is 0 Å². The maximum absolute atomic E-state index is 12.3. The molecule has 1 amide bonds. The Morgan fingerprint density at radius 3 is 2.37 bits per heavy atom. The molecule has 1 heterocycles. The van der Waals surface area contributed by atoms with Crippen LogP contribution in [-0.2, 0) is 0 Å². The summed E-state index contributed by atoms with van der Waals surface area (Å²) in [7, 11) is 0. The van der Waals surface area contributed by atoms with E-state index in [0.29, 0.717) is 12.2 Å². The average molecular weight is 361 g/mol. The van der Waals surface area contributed by atoms with Gasteiger partial charge < -0.3 is 9.30 Å². The van der Waals surface area contributed by atoms with Crippen molar-refractivity contribution in [3.8, 4) is 11.4 Å². The van der Waals surface area contributed by atoms with Crippen LogP contribution in [0.2, 0.25) is 0 Å². The first kappa shape index (κ1) is 18.5. The number of nitrogens with zero attached hydrogens (tertiary/aromatic N) is 2. The molecule has 0 aliphatic heterocycles. The van der Waals surface area contributed by atoms with Crippen LogP contribution in [0.3, 0.4) is 0 Å². The van der Waals surface area contributed by atoms with Gasteiger partial charge >= 0.3 is 0 Å². The van der Waals surface area contributed by atoms with Gasteiger partial charge in [0, 0.05) is 28.2 Å². The molecule has 0 bridgehead atoms. The second kappa shape index (κ2) is 8.36. The summed E-state index contributed by atoms with van der Waals surface area (Å²) in [5.41, 5.74) is 7.27. The first-order valence-electron chi connectivity index (χ1n) is 8.90. The van der Waals surface area contributed by atoms with Crippen molar-refractivity contribution in [1.29, 1.82) is 0 Å². The number of benzene rings is 2. The van der Waals surface area contributed by atoms with Gasteiger partial charge in [0.05, 0.1) is 12.8 Å². The van der Waals surface area contributed by atoms with Gasteiger partial charge in [-0.15, -0.1) is 0 Å². The minimum atomic E-state index is -0.257. The lowest BCUT2D eigenvalue weighted by molar-refractivity contribution is 0.0955. The summed E-state index contributed by atoms with van der Waals surface area (Å²) in [5.74, 6) is 0.479. The fourth-order valence-electron chi connectivity index (χ4n) is 2.94. The molecule has 0 radical (unpaired) electrons. The normalized spacial score (nSPS) is 10.9. The van der Waals surface area contributed by atoms with Gasteiger partial charge in [0.25, 0.3) is 5.91 Å². The molecule has 1 aromatic heterocycles. The van der Waals surface area contributed by atoms with E-state index in [1.807, 2.05) is 43.3 Å². The number of hydrogen-bond donors (Lipinski definition) is 1. The fourth-order valence-corrected chi connectivity index (χ4v) is 2.94. The Morgan fingerprint density at radius 2 is 1.70 bits per heavy atom. The summed E-state index contributed by atoms with van der Waals surface area (Å²) in [4.78, 5) is 12.3. The molecule has 2 aromatic carbocycles. The van der Waals surface area contributed by atoms with Crippen molar-refractivity contribution in [1.82, 2.24) is 9.99 Å². The Kier molecular flexibility index (Phi) is 5.71. The first-order chi connectivity index (χ1) is 13.1. The number of carbonyl (C=O) groups is 1. The summed E-state index contributed by atoms with van der Waals surface area (Å²) >= 11 is 0. The molecular weight excluding hydrogens is 338 g/mol. The number of hydrogen-bond acceptors (Lipinski definition) is 3. The van der Waals surface area contributed by atoms with Crippen molar-refractivity contribution >= 4 is 12.1 Å². The second-order valence-electron chi connectivity index (χ2n) is 6.17. The van der Waals surface area contributed by atoms with Crippen molar-refractivity contribution in [2.75, 3.05) is 6.61 Å². The van der Waals surface area contributed by atoms with Crippen molar-refractivity contribution in [2.24, 2.45) is 5.10 Å². The molecule has 0 atom stereocenters. The quantitative estimate of drug-likeness (QED) is 0.527. The van der Waals surface area contributed by atoms with E-state index in [0.717, 1.165) is 28.4 Å². The number of para-hydroxylation sites is 1. The third kappa shape index (κ3) is 4.26. The highest BCUT2D eigenvalue weighted by molar-refractivity contribution is 5.95. The summed E-state index contributed by atoms with van der Waals surface area (Å²) < 4.78 is 7.68. The van der Waals surface area contributed by atoms with Gasteiger partial charge in [-0.3, -0.25) is 4.79 Å². The lowest BCUT2D eigenvalue weighted by atomic mass is 10.2. The van der Waals surface area contributed by atoms with Crippen LogP contribution in [0.15, 0.2) is 65.8 Å². The molecule has 0 aliphatic rings. The van der Waals surface area contributed by atoms with Crippen molar-refractivity contribution in [3.05, 3.63) is 83.2 Å². The maximum atomic E-state index is 12.3. The zero-order chi connectivity index (χ0) is 19.2. The SMILES string of the molecule is CCOc1ccccc1/C=N/NC(=O)c1ccc(-n2c(C)ccc2C)cc1. The fraction of sp³-hybridized carbons (Fsp3) is 0.182. The van der Waals surface area contributed by atoms with E-state index in [-0.39, 0.29) is 5.91 Å². The topological polar surface area (TPSA) is 55.6 Å². The predicted molar refractivity (Wildman–Crippen MR) is 108 cm³/mol. The molecule has 27 heavy (non-hydrogen) atoms. The van der Waals surface area contributed by atoms with Crippen LogP contribution in [0.1, 0.15) is 34.2 Å². The van der Waals surface area contributed by atoms with Crippen LogP contribution < -0.4 is 10.2 Å². The van der Waals surface area contributed by atoms with Crippen molar-refractivity contribution in [2.45, 2.75) is 20.8 Å². The molecule has 3 aromatic rings. The van der Waals surface area contributed by atoms with Crippen molar-refractivity contribution in [3.63, 3.8) is 0 Å². The van der Waals surface area contributed by atoms with E-state index in [2.05, 4.69) is 41.1 Å². The van der Waals surface area contributed by atoms with Crippen LogP contribution in [0.25, 0.3) is 5.69 Å². The zero-order valence-corrected chi connectivity index (χ0v) is 15.8. The third-order valence-corrected chi connectivity index (χ3v) is 4.25. The largest absolute Gasteiger partial charge is 0.493 e. The Labute approximate surface area is 159 Å². The highest BCUT2D eigenvalue weighted by Crippen LogP contribution is 2.17. The Morgan fingerprint density at radius 1 is 1.04 bits per heavy atom. The zero-order valence-electron chi connectivity index (χ0n) is 15.8. The number of nitrogens with one attached hydrogen (secondary N) is 1. The van der Waals surface area contributed by atoms with Crippen LogP contribution in [0.5, 0.6) is 5.75 Å². The average Bonchev–Trinajstić information content (AvgIpc) is 3.02. The van der Waals surface area contributed by atoms with Crippen LogP contribution in [0.4, 0.5) is 0 Å². The van der Waals surface area contributed by atoms with Gasteiger partial charge in [0.1, 0.15) is 5.75 Å². The molecule has 0 unspecified atom stereocenters. The third-order valence-electron chi connectivity index (χ3n) is 4.25. The van der Waals surface area contributed by atoms with E-state index >= 15 is 0 Å². The molecule has 0 saturated carbocycles. The molecular formula is C22H23N3O2. The summed E-state index contributed by atoms with van der Waals surface area (Å²) in [6.07, 6.45) is 1.59. The van der Waals surface area contributed by atoms with Crippen molar-refractivity contribution < 1.29 is 9.53 Å². The highest BCUT2D eigenvalue weighted by Gasteiger charge is 2.07. The number of aryl methyl sites for hydroxylation is 2. The number of hydrazone groups is 1. The molecule has 0 spiro atoms. The summed E-state index contributed by atoms with van der Waals surface area (Å²) in [6, 6.07) is 19.2. The standard InChI is InChI=1S/C22H23N3O2/c1-4-27-21-8-6-5-7-19(21)15-23-24-22(26)18-11-13-20(14-12-18)25-16(2)9-10-17(25)3/h5-15H,4H2,1-3H3,(H,24,26)/b23-15+. The van der Waals surface area contributed by atoms with E-state index < -0.39 is 0 Å². The molecule has 5 heteroatoms. The van der Waals surface area contributed by atoms with Gasteiger partial charge in [-0.25, -0.2) is 5.43 Å². The van der Waals surface area contributed by atoms with Gasteiger partial charge in [-0.1, -0.05) is 12.1 Å². The number of carbonyl (C=O) groups excluding carboxylic acids is 1. The van der Waals surface area contributed by atoms with E-state index in [1.165, 1.54) is 0 Å². The molecule has 0 fully saturated rings. The van der Waals surface area contributed by atoms with Crippen LogP contribution in [-0.4, -0.2) is 23.3 Å². The highest BCUT2D eigenvalue weighted by atomic mass is 16.5. The molecule has 5 nitrogen and oxygen atoms in total. The molecule has 3 rings (SSSR count). The number of aromatic nitrogens is 1. The Bertz CT molecular complexity index is 936. The Hall–Kier alpha value is -3.34. The lowest BCUT2D eigenvalue weighted by Crippen LogP contribution is -2.17. The van der Waals surface area contributed by atoms with E-state index in [4.69, 9.17) is 4.74 Å². The predicted octanol–water partition coefficient (Wildman–Crippen LogP) is 4.26. The molecule has 0 saturated heterocycles. The number of amides is 1. The first-order valence-corrected chi connectivity index (χ1v) is 8.90. The smallest absolute Gasteiger partial charge is 0.271 e. The molecule has 1 N–H and O–H groups in total. The van der Waals surface area contributed by atoms with Gasteiger partial charge in [0.2, 0.25) is 0 Å². The number of ether oxygens (including phenoxy) is 1. The minimum absolute atomic E-state index is 0.257. The van der Waals surface area contributed by atoms with Crippen LogP contribution in [0, 0.1) is 13.8 Å². The van der Waals surface area contributed by atoms with Gasteiger partial charge in [-0.05, 0) is 69.3 Å². The summed E-state index contributed by atoms with van der Waals surface area (Å²) in [6.45, 7) is 6.62. The van der Waals surface area contributed by atoms with Gasteiger partial charge in [-0.2, -0.15) is 5.10 Å².